The molecule has 0 spiro atoms. The molecule has 2 aromatic heterocycles. The Kier molecular flexibility index (Phi) is 3.87. The molecule has 2 aromatic rings. The van der Waals surface area contributed by atoms with Gasteiger partial charge in [-0.15, -0.1) is 0 Å². The van der Waals surface area contributed by atoms with Crippen molar-refractivity contribution < 1.29 is 4.79 Å². The molecule has 3 heterocycles. The zero-order valence-electron chi connectivity index (χ0n) is 14.4. The van der Waals surface area contributed by atoms with Gasteiger partial charge < -0.3 is 4.90 Å². The van der Waals surface area contributed by atoms with Crippen LogP contribution in [0.3, 0.4) is 0 Å². The summed E-state index contributed by atoms with van der Waals surface area (Å²) in [5.74, 6) is 0.996. The van der Waals surface area contributed by atoms with Crippen molar-refractivity contribution in [1.29, 1.82) is 0 Å². The lowest BCUT2D eigenvalue weighted by Crippen LogP contribution is -2.31. The normalized spacial score (nSPS) is 21.1. The van der Waals surface area contributed by atoms with Crippen LogP contribution in [0.2, 0.25) is 0 Å². The van der Waals surface area contributed by atoms with E-state index in [0.29, 0.717) is 11.8 Å². The van der Waals surface area contributed by atoms with E-state index in [9.17, 15) is 4.79 Å². The highest BCUT2D eigenvalue weighted by Gasteiger charge is 2.34. The van der Waals surface area contributed by atoms with E-state index in [1.807, 2.05) is 30.4 Å². The lowest BCUT2D eigenvalue weighted by atomic mass is 9.80. The molecular formula is C19H24N4O. The first kappa shape index (κ1) is 15.4. The fourth-order valence-electron chi connectivity index (χ4n) is 3.85. The lowest BCUT2D eigenvalue weighted by Gasteiger charge is -2.26. The van der Waals surface area contributed by atoms with Gasteiger partial charge in [-0.25, -0.2) is 0 Å². The van der Waals surface area contributed by atoms with Crippen LogP contribution in [0.25, 0.3) is 0 Å². The quantitative estimate of drug-likeness (QED) is 0.872. The van der Waals surface area contributed by atoms with Gasteiger partial charge in [0.25, 0.3) is 5.91 Å². The number of carbonyl (C=O) groups excluding carboxylic acids is 1. The molecule has 2 aliphatic rings. The third-order valence-corrected chi connectivity index (χ3v) is 5.54. The smallest absolute Gasteiger partial charge is 0.272 e. The Labute approximate surface area is 142 Å². The number of carbonyl (C=O) groups is 1. The van der Waals surface area contributed by atoms with Crippen molar-refractivity contribution >= 4 is 5.91 Å². The van der Waals surface area contributed by atoms with Gasteiger partial charge in [0.1, 0.15) is 5.69 Å². The molecule has 0 aromatic carbocycles. The van der Waals surface area contributed by atoms with E-state index in [-0.39, 0.29) is 5.91 Å². The molecule has 5 heteroatoms. The van der Waals surface area contributed by atoms with Gasteiger partial charge in [0.15, 0.2) is 0 Å². The summed E-state index contributed by atoms with van der Waals surface area (Å²) in [7, 11) is 1.88. The number of hydrogen-bond donors (Lipinski definition) is 0. The summed E-state index contributed by atoms with van der Waals surface area (Å²) in [5.41, 5.74) is 4.27. The monoisotopic (exact) mass is 324 g/mol. The Bertz CT molecular complexity index is 762. The van der Waals surface area contributed by atoms with Crippen LogP contribution in [0.1, 0.15) is 64.8 Å². The molecule has 126 valence electrons. The molecule has 0 N–H and O–H groups in total. The molecule has 1 saturated carbocycles. The average Bonchev–Trinajstić information content (AvgIpc) is 3.13. The summed E-state index contributed by atoms with van der Waals surface area (Å²) in [6.45, 7) is 3.64. The molecule has 0 radical (unpaired) electrons. The molecule has 4 rings (SSSR count). The Hall–Kier alpha value is -2.17. The second kappa shape index (κ2) is 6.04. The van der Waals surface area contributed by atoms with E-state index in [2.05, 4.69) is 23.1 Å². The van der Waals surface area contributed by atoms with E-state index in [4.69, 9.17) is 0 Å². The van der Waals surface area contributed by atoms with Crippen LogP contribution in [0.4, 0.5) is 0 Å². The highest BCUT2D eigenvalue weighted by molar-refractivity contribution is 5.94. The van der Waals surface area contributed by atoms with Crippen LogP contribution in [0.15, 0.2) is 24.5 Å². The molecular weight excluding hydrogens is 300 g/mol. The summed E-state index contributed by atoms with van der Waals surface area (Å²) >= 11 is 0. The van der Waals surface area contributed by atoms with Gasteiger partial charge in [-0.3, -0.25) is 14.5 Å². The minimum atomic E-state index is 0.132. The standard InChI is InChI=1S/C19H24N4O/c1-13-6-8-20-17(10-13)15-7-9-23(12-15)19(24)18-16(11-21-22(18)2)14-4-3-5-14/h6,8,10-11,14-15H,3-5,7,9,12H2,1-2H3. The second-order valence-electron chi connectivity index (χ2n) is 7.19. The third-order valence-electron chi connectivity index (χ3n) is 5.54. The maximum atomic E-state index is 13.1. The van der Waals surface area contributed by atoms with Gasteiger partial charge in [-0.1, -0.05) is 6.42 Å². The molecule has 1 unspecified atom stereocenters. The van der Waals surface area contributed by atoms with Crippen molar-refractivity contribution in [3.8, 4) is 0 Å². The van der Waals surface area contributed by atoms with Gasteiger partial charge >= 0.3 is 0 Å². The van der Waals surface area contributed by atoms with Crippen LogP contribution in [0.5, 0.6) is 0 Å². The topological polar surface area (TPSA) is 51.0 Å². The number of aromatic nitrogens is 3. The van der Waals surface area contributed by atoms with Gasteiger partial charge in [-0.05, 0) is 49.8 Å². The first-order valence-electron chi connectivity index (χ1n) is 8.87. The second-order valence-corrected chi connectivity index (χ2v) is 7.19. The number of amides is 1. The lowest BCUT2D eigenvalue weighted by molar-refractivity contribution is 0.0777. The summed E-state index contributed by atoms with van der Waals surface area (Å²) in [6, 6.07) is 4.16. The maximum Gasteiger partial charge on any atom is 0.272 e. The molecule has 1 saturated heterocycles. The van der Waals surface area contributed by atoms with Crippen molar-refractivity contribution in [3.63, 3.8) is 0 Å². The third kappa shape index (κ3) is 2.62. The van der Waals surface area contributed by atoms with E-state index < -0.39 is 0 Å². The zero-order valence-corrected chi connectivity index (χ0v) is 14.4. The molecule has 5 nitrogen and oxygen atoms in total. The maximum absolute atomic E-state index is 13.1. The van der Waals surface area contributed by atoms with Crippen LogP contribution in [-0.4, -0.2) is 38.7 Å². The SMILES string of the molecule is Cc1ccnc(C2CCN(C(=O)c3c(C4CCC4)cnn3C)C2)c1. The fourth-order valence-corrected chi connectivity index (χ4v) is 3.85. The van der Waals surface area contributed by atoms with Crippen LogP contribution in [0, 0.1) is 6.92 Å². The van der Waals surface area contributed by atoms with Gasteiger partial charge in [0, 0.05) is 43.5 Å². The summed E-state index contributed by atoms with van der Waals surface area (Å²) in [6.07, 6.45) is 8.37. The van der Waals surface area contributed by atoms with Crippen molar-refractivity contribution in [3.05, 3.63) is 47.0 Å². The number of aryl methyl sites for hydroxylation is 2. The highest BCUT2D eigenvalue weighted by atomic mass is 16.2. The summed E-state index contributed by atoms with van der Waals surface area (Å²) in [5, 5.41) is 4.36. The van der Waals surface area contributed by atoms with E-state index in [1.165, 1.54) is 24.8 Å². The zero-order chi connectivity index (χ0) is 16.7. The number of nitrogens with zero attached hydrogens (tertiary/aromatic N) is 4. The van der Waals surface area contributed by atoms with Gasteiger partial charge in [-0.2, -0.15) is 5.10 Å². The van der Waals surface area contributed by atoms with E-state index >= 15 is 0 Å². The summed E-state index contributed by atoms with van der Waals surface area (Å²) < 4.78 is 1.76. The fraction of sp³-hybridized carbons (Fsp3) is 0.526. The predicted octanol–water partition coefficient (Wildman–Crippen LogP) is 3.02. The Morgan fingerprint density at radius 1 is 1.25 bits per heavy atom. The Morgan fingerprint density at radius 3 is 2.79 bits per heavy atom. The predicted molar refractivity (Wildman–Crippen MR) is 92.0 cm³/mol. The average molecular weight is 324 g/mol. The number of pyridine rings is 1. The molecule has 1 amide bonds. The number of hydrogen-bond acceptors (Lipinski definition) is 3. The minimum Gasteiger partial charge on any atom is -0.337 e. The van der Waals surface area contributed by atoms with Gasteiger partial charge in [0.2, 0.25) is 0 Å². The van der Waals surface area contributed by atoms with Crippen molar-refractivity contribution in [2.24, 2.45) is 7.05 Å². The van der Waals surface area contributed by atoms with E-state index in [1.54, 1.807) is 4.68 Å². The first-order chi connectivity index (χ1) is 11.6. The molecule has 1 aliphatic carbocycles. The molecule has 1 aliphatic heterocycles. The molecule has 0 bridgehead atoms. The molecule has 1 atom stereocenters. The Morgan fingerprint density at radius 2 is 2.08 bits per heavy atom. The van der Waals surface area contributed by atoms with Crippen LogP contribution < -0.4 is 0 Å². The van der Waals surface area contributed by atoms with E-state index in [0.717, 1.165) is 36.5 Å². The minimum absolute atomic E-state index is 0.132. The van der Waals surface area contributed by atoms with Crippen LogP contribution in [-0.2, 0) is 7.05 Å². The number of rotatable bonds is 3. The summed E-state index contributed by atoms with van der Waals surface area (Å²) in [4.78, 5) is 19.6. The van der Waals surface area contributed by atoms with Crippen molar-refractivity contribution in [1.82, 2.24) is 19.7 Å². The highest BCUT2D eigenvalue weighted by Crippen LogP contribution is 2.38. The van der Waals surface area contributed by atoms with Crippen molar-refractivity contribution in [2.75, 3.05) is 13.1 Å². The number of likely N-dealkylation sites (tertiary alicyclic amines) is 1. The molecule has 24 heavy (non-hydrogen) atoms. The Balaban J connectivity index is 1.53. The first-order valence-corrected chi connectivity index (χ1v) is 8.87. The molecule has 2 fully saturated rings. The van der Waals surface area contributed by atoms with Crippen LogP contribution >= 0.6 is 0 Å². The largest absolute Gasteiger partial charge is 0.337 e. The van der Waals surface area contributed by atoms with Gasteiger partial charge in [0.05, 0.1) is 6.20 Å². The van der Waals surface area contributed by atoms with Crippen molar-refractivity contribution in [2.45, 2.75) is 44.4 Å².